The van der Waals surface area contributed by atoms with Gasteiger partial charge in [0.05, 0.1) is 12.1 Å². The van der Waals surface area contributed by atoms with Crippen molar-refractivity contribution < 1.29 is 56.8 Å². The second-order valence-electron chi connectivity index (χ2n) is 12.9. The predicted octanol–water partition coefficient (Wildman–Crippen LogP) is 5.95. The zero-order chi connectivity index (χ0) is 40.1. The number of aliphatic hydroxyl groups is 2. The lowest BCUT2D eigenvalue weighted by atomic mass is 9.84. The van der Waals surface area contributed by atoms with Gasteiger partial charge in [-0.3, -0.25) is 19.2 Å². The summed E-state index contributed by atoms with van der Waals surface area (Å²) < 4.78 is 53.9. The monoisotopic (exact) mass is 754 g/mol. The number of rotatable bonds is 16. The summed E-state index contributed by atoms with van der Waals surface area (Å²) in [7, 11) is 0.674. The first-order chi connectivity index (χ1) is 25.5. The van der Waals surface area contributed by atoms with Gasteiger partial charge in [-0.1, -0.05) is 99.1 Å². The molecule has 2 amide bonds. The number of methoxy groups -OCH3 is 1. The van der Waals surface area contributed by atoms with Crippen LogP contribution >= 0.6 is 0 Å². The third kappa shape index (κ3) is 11.1. The van der Waals surface area contributed by atoms with E-state index in [1.54, 1.807) is 6.08 Å². The number of Topliss-reactive ketones (excluding diaryl/α,β-unsaturated/α-hetero) is 2. The number of ether oxygens (including phenoxy) is 2. The molecular formula is C40H45F3N2O9. The number of alkyl halides is 3. The van der Waals surface area contributed by atoms with Gasteiger partial charge in [0.2, 0.25) is 11.8 Å². The van der Waals surface area contributed by atoms with E-state index in [2.05, 4.69) is 24.5 Å². The third-order valence-electron chi connectivity index (χ3n) is 8.65. The third-order valence-corrected chi connectivity index (χ3v) is 8.65. The van der Waals surface area contributed by atoms with Crippen LogP contribution in [0.15, 0.2) is 114 Å². The van der Waals surface area contributed by atoms with Gasteiger partial charge >= 0.3 is 12.1 Å². The van der Waals surface area contributed by atoms with Crippen molar-refractivity contribution in [1.29, 1.82) is 0 Å². The number of amides is 2. The Hall–Kier alpha value is -5.34. The molecule has 1 aromatic carbocycles. The average Bonchev–Trinajstić information content (AvgIpc) is 3.42. The molecule has 54 heavy (non-hydrogen) atoms. The molecular weight excluding hydrogens is 709 g/mol. The molecule has 2 aliphatic rings. The Morgan fingerprint density at radius 1 is 0.981 bits per heavy atom. The Labute approximate surface area is 311 Å². The van der Waals surface area contributed by atoms with Crippen LogP contribution in [0.25, 0.3) is 0 Å². The van der Waals surface area contributed by atoms with Crippen molar-refractivity contribution in [2.24, 2.45) is 5.92 Å². The summed E-state index contributed by atoms with van der Waals surface area (Å²) in [6.07, 6.45) is 7.96. The number of carbonyl (C=O) groups excluding carboxylic acids is 5. The lowest BCUT2D eigenvalue weighted by molar-refractivity contribution is -0.280. The van der Waals surface area contributed by atoms with Crippen molar-refractivity contribution >= 4 is 29.4 Å². The molecule has 0 aromatic heterocycles. The zero-order valence-corrected chi connectivity index (χ0v) is 30.4. The summed E-state index contributed by atoms with van der Waals surface area (Å²) in [4.78, 5) is 63.5. The highest BCUT2D eigenvalue weighted by atomic mass is 19.4. The van der Waals surface area contributed by atoms with Crippen LogP contribution in [0.5, 0.6) is 0 Å². The van der Waals surface area contributed by atoms with Gasteiger partial charge in [-0.15, -0.1) is 0 Å². The fourth-order valence-electron chi connectivity index (χ4n) is 5.77. The van der Waals surface area contributed by atoms with Crippen molar-refractivity contribution in [3.63, 3.8) is 0 Å². The SMILES string of the molecule is CCCCC(C)/C=C(C)/C=C/C(=O)NC1=C[C@@](O)(/C=C/C=C/C=C/C(=O)NC2=C(O)CCC2=O)[C@H](OC(=O)[C@](OC)(c2ccccc2)C(F)(F)F)CC1=O. The topological polar surface area (TPSA) is 168 Å². The molecule has 14 heteroatoms. The molecule has 3 rings (SSSR count). The number of benzene rings is 1. The van der Waals surface area contributed by atoms with Gasteiger partial charge in [-0.05, 0) is 31.4 Å². The summed E-state index contributed by atoms with van der Waals surface area (Å²) in [5.74, 6) is -4.59. The lowest BCUT2D eigenvalue weighted by Gasteiger charge is -2.38. The molecule has 2 aliphatic carbocycles. The van der Waals surface area contributed by atoms with Crippen molar-refractivity contribution in [3.05, 3.63) is 119 Å². The normalized spacial score (nSPS) is 21.6. The van der Waals surface area contributed by atoms with Crippen molar-refractivity contribution in [3.8, 4) is 0 Å². The minimum absolute atomic E-state index is 0.0711. The van der Waals surface area contributed by atoms with Gasteiger partial charge in [0.1, 0.15) is 23.2 Å². The van der Waals surface area contributed by atoms with Gasteiger partial charge in [-0.25, -0.2) is 4.79 Å². The van der Waals surface area contributed by atoms with Crippen LogP contribution in [0, 0.1) is 5.92 Å². The number of ketones is 2. The van der Waals surface area contributed by atoms with E-state index < -0.39 is 70.5 Å². The Morgan fingerprint density at radius 3 is 2.26 bits per heavy atom. The van der Waals surface area contributed by atoms with Gasteiger partial charge in [-0.2, -0.15) is 13.2 Å². The molecule has 1 unspecified atom stereocenters. The highest BCUT2D eigenvalue weighted by molar-refractivity contribution is 6.04. The van der Waals surface area contributed by atoms with E-state index in [9.17, 15) is 47.4 Å². The molecule has 4 N–H and O–H groups in total. The minimum atomic E-state index is -5.34. The van der Waals surface area contributed by atoms with Crippen molar-refractivity contribution in [2.75, 3.05) is 7.11 Å². The van der Waals surface area contributed by atoms with E-state index >= 15 is 0 Å². The first kappa shape index (κ1) is 43.1. The summed E-state index contributed by atoms with van der Waals surface area (Å²) >= 11 is 0. The summed E-state index contributed by atoms with van der Waals surface area (Å²) in [5.41, 5.74) is -6.44. The number of halogens is 3. The van der Waals surface area contributed by atoms with E-state index in [1.807, 2.05) is 13.0 Å². The number of hydrogen-bond acceptors (Lipinski definition) is 9. The number of nitrogens with one attached hydrogen (secondary N) is 2. The Bertz CT molecular complexity index is 1790. The van der Waals surface area contributed by atoms with E-state index in [0.29, 0.717) is 7.11 Å². The first-order valence-corrected chi connectivity index (χ1v) is 17.3. The molecule has 11 nitrogen and oxygen atoms in total. The average molecular weight is 755 g/mol. The standard InChI is InChI=1S/C40H45F3N2O9/c1-5-6-14-26(2)23-27(3)18-21-35(50)44-29-25-38(52,22-13-8-7-12-17-34(49)45-36-30(46)19-20-31(36)47)33(24-32(29)48)54-37(51)39(53-4,40(41,42)43)28-15-10-9-11-16-28/h7-13,15-18,21-23,25-26,33,46,52H,5-6,14,19-20,24H2,1-4H3,(H,44,50)(H,45,49)/b8-7+,17-12+,21-18+,22-13+,27-23+/t26?,33-,38+,39-/m1/s1. The maximum atomic E-state index is 14.6. The molecule has 0 spiro atoms. The fraction of sp³-hybridized carbons (Fsp3) is 0.375. The van der Waals surface area contributed by atoms with Crippen LogP contribution in [-0.4, -0.2) is 64.6 Å². The molecule has 1 aromatic rings. The molecule has 0 saturated heterocycles. The van der Waals surface area contributed by atoms with Gasteiger partial charge in [0.15, 0.2) is 11.6 Å². The second-order valence-corrected chi connectivity index (χ2v) is 12.9. The van der Waals surface area contributed by atoms with Crippen LogP contribution in [0.4, 0.5) is 13.2 Å². The molecule has 290 valence electrons. The predicted molar refractivity (Wildman–Crippen MR) is 193 cm³/mol. The zero-order valence-electron chi connectivity index (χ0n) is 30.4. The van der Waals surface area contributed by atoms with Gasteiger partial charge in [0.25, 0.3) is 5.60 Å². The number of esters is 1. The number of carbonyl (C=O) groups is 5. The van der Waals surface area contributed by atoms with Crippen LogP contribution in [-0.2, 0) is 39.0 Å². The first-order valence-electron chi connectivity index (χ1n) is 17.3. The molecule has 0 bridgehead atoms. The molecule has 0 heterocycles. The van der Waals surface area contributed by atoms with E-state index in [1.165, 1.54) is 48.6 Å². The van der Waals surface area contributed by atoms with Gasteiger partial charge < -0.3 is 30.3 Å². The van der Waals surface area contributed by atoms with E-state index in [0.717, 1.165) is 55.2 Å². The number of allylic oxidation sites excluding steroid dienone is 10. The maximum absolute atomic E-state index is 14.6. The highest BCUT2D eigenvalue weighted by Gasteiger charge is 2.65. The van der Waals surface area contributed by atoms with Crippen molar-refractivity contribution in [1.82, 2.24) is 10.6 Å². The van der Waals surface area contributed by atoms with Crippen LogP contribution < -0.4 is 10.6 Å². The lowest BCUT2D eigenvalue weighted by Crippen LogP contribution is -2.56. The minimum Gasteiger partial charge on any atom is -0.510 e. The smallest absolute Gasteiger partial charge is 0.432 e. The van der Waals surface area contributed by atoms with Crippen LogP contribution in [0.1, 0.15) is 64.9 Å². The number of aliphatic hydroxyl groups excluding tert-OH is 1. The van der Waals surface area contributed by atoms with Crippen LogP contribution in [0.2, 0.25) is 0 Å². The molecule has 0 aliphatic heterocycles. The largest absolute Gasteiger partial charge is 0.510 e. The Balaban J connectivity index is 1.91. The molecule has 0 radical (unpaired) electrons. The Kier molecular flexibility index (Phi) is 15.3. The molecule has 4 atom stereocenters. The molecule has 0 fully saturated rings. The summed E-state index contributed by atoms with van der Waals surface area (Å²) in [6.45, 7) is 5.95. The number of unbranched alkanes of at least 4 members (excludes halogenated alkanes) is 1. The molecule has 0 saturated carbocycles. The highest BCUT2D eigenvalue weighted by Crippen LogP contribution is 2.44. The van der Waals surface area contributed by atoms with Crippen molar-refractivity contribution in [2.45, 2.75) is 82.8 Å². The van der Waals surface area contributed by atoms with Gasteiger partial charge in [0, 0.05) is 37.7 Å². The fourth-order valence-corrected chi connectivity index (χ4v) is 5.77. The van der Waals surface area contributed by atoms with E-state index in [-0.39, 0.29) is 30.2 Å². The van der Waals surface area contributed by atoms with Crippen LogP contribution in [0.3, 0.4) is 0 Å². The quantitative estimate of drug-likeness (QED) is 0.0906. The van der Waals surface area contributed by atoms with E-state index in [4.69, 9.17) is 9.47 Å². The summed E-state index contributed by atoms with van der Waals surface area (Å²) in [5, 5.41) is 26.2. The second kappa shape index (κ2) is 19.1. The number of hydrogen-bond donors (Lipinski definition) is 4. The maximum Gasteiger partial charge on any atom is 0.432 e. The Morgan fingerprint density at radius 2 is 1.65 bits per heavy atom. The summed E-state index contributed by atoms with van der Waals surface area (Å²) in [6, 6.07) is 6.00.